The van der Waals surface area contributed by atoms with Gasteiger partial charge in [0, 0.05) is 26.4 Å². The molecule has 12 heavy (non-hydrogen) atoms. The zero-order chi connectivity index (χ0) is 9.56. The Kier molecular flexibility index (Phi) is 6.34. The molecule has 0 aliphatic rings. The Morgan fingerprint density at radius 2 is 2.00 bits per heavy atom. The Morgan fingerprint density at radius 1 is 1.42 bits per heavy atom. The SMILES string of the molecule is COCC(C)C(CCO)C(C)N. The van der Waals surface area contributed by atoms with E-state index >= 15 is 0 Å². The minimum Gasteiger partial charge on any atom is -0.396 e. The molecule has 0 bridgehead atoms. The fourth-order valence-corrected chi connectivity index (χ4v) is 1.60. The number of hydrogen-bond donors (Lipinski definition) is 2. The van der Waals surface area contributed by atoms with Gasteiger partial charge in [-0.25, -0.2) is 0 Å². The van der Waals surface area contributed by atoms with Crippen LogP contribution in [0.3, 0.4) is 0 Å². The number of ether oxygens (including phenoxy) is 1. The topological polar surface area (TPSA) is 55.5 Å². The fourth-order valence-electron chi connectivity index (χ4n) is 1.60. The summed E-state index contributed by atoms with van der Waals surface area (Å²) in [6.45, 7) is 5.01. The van der Waals surface area contributed by atoms with Crippen LogP contribution in [0.25, 0.3) is 0 Å². The van der Waals surface area contributed by atoms with E-state index in [1.165, 1.54) is 0 Å². The van der Waals surface area contributed by atoms with Crippen LogP contribution in [0.15, 0.2) is 0 Å². The smallest absolute Gasteiger partial charge is 0.0491 e. The van der Waals surface area contributed by atoms with Gasteiger partial charge in [0.1, 0.15) is 0 Å². The van der Waals surface area contributed by atoms with E-state index in [-0.39, 0.29) is 12.6 Å². The Balaban J connectivity index is 3.90. The van der Waals surface area contributed by atoms with E-state index in [4.69, 9.17) is 15.6 Å². The van der Waals surface area contributed by atoms with Gasteiger partial charge in [0.2, 0.25) is 0 Å². The van der Waals surface area contributed by atoms with Gasteiger partial charge in [-0.15, -0.1) is 0 Å². The first-order valence-corrected chi connectivity index (χ1v) is 4.48. The average molecular weight is 175 g/mol. The van der Waals surface area contributed by atoms with Crippen LogP contribution in [-0.4, -0.2) is 31.5 Å². The lowest BCUT2D eigenvalue weighted by Gasteiger charge is -2.26. The largest absolute Gasteiger partial charge is 0.396 e. The molecule has 0 aromatic heterocycles. The first kappa shape index (κ1) is 11.9. The Labute approximate surface area is 74.9 Å². The second-order valence-electron chi connectivity index (χ2n) is 3.47. The fraction of sp³-hybridized carbons (Fsp3) is 1.00. The van der Waals surface area contributed by atoms with Crippen molar-refractivity contribution < 1.29 is 9.84 Å². The molecule has 0 aliphatic heterocycles. The maximum atomic E-state index is 8.81. The van der Waals surface area contributed by atoms with Gasteiger partial charge < -0.3 is 15.6 Å². The molecule has 0 aromatic carbocycles. The minimum absolute atomic E-state index is 0.127. The van der Waals surface area contributed by atoms with E-state index < -0.39 is 0 Å². The van der Waals surface area contributed by atoms with E-state index in [1.54, 1.807) is 7.11 Å². The van der Waals surface area contributed by atoms with Crippen molar-refractivity contribution in [3.8, 4) is 0 Å². The first-order valence-electron chi connectivity index (χ1n) is 4.48. The lowest BCUT2D eigenvalue weighted by atomic mass is 9.86. The van der Waals surface area contributed by atoms with Crippen molar-refractivity contribution in [2.24, 2.45) is 17.6 Å². The summed E-state index contributed by atoms with van der Waals surface area (Å²) >= 11 is 0. The van der Waals surface area contributed by atoms with Gasteiger partial charge in [-0.05, 0) is 25.2 Å². The van der Waals surface area contributed by atoms with Gasteiger partial charge in [0.25, 0.3) is 0 Å². The summed E-state index contributed by atoms with van der Waals surface area (Å²) < 4.78 is 5.04. The van der Waals surface area contributed by atoms with E-state index in [0.717, 1.165) is 6.42 Å². The first-order chi connectivity index (χ1) is 5.63. The molecule has 0 aliphatic carbocycles. The number of aliphatic hydroxyl groups is 1. The molecule has 3 N–H and O–H groups in total. The molecule has 74 valence electrons. The average Bonchev–Trinajstić information content (AvgIpc) is 1.99. The second kappa shape index (κ2) is 6.40. The Morgan fingerprint density at radius 3 is 2.33 bits per heavy atom. The van der Waals surface area contributed by atoms with Crippen molar-refractivity contribution in [1.82, 2.24) is 0 Å². The van der Waals surface area contributed by atoms with Gasteiger partial charge in [0.05, 0.1) is 0 Å². The van der Waals surface area contributed by atoms with Crippen LogP contribution in [0, 0.1) is 11.8 Å². The number of nitrogens with two attached hydrogens (primary N) is 1. The third-order valence-corrected chi connectivity index (χ3v) is 2.30. The summed E-state index contributed by atoms with van der Waals surface area (Å²) in [7, 11) is 1.69. The molecule has 3 atom stereocenters. The molecule has 3 nitrogen and oxygen atoms in total. The standard InChI is InChI=1S/C9H21NO2/c1-7(6-12-3)9(4-5-11)8(2)10/h7-9,11H,4-6,10H2,1-3H3. The predicted octanol–water partition coefficient (Wildman–Crippen LogP) is 0.615. The third kappa shape index (κ3) is 4.04. The van der Waals surface area contributed by atoms with Gasteiger partial charge in [-0.1, -0.05) is 6.92 Å². The summed E-state index contributed by atoms with van der Waals surface area (Å²) in [6, 6.07) is 0.127. The lowest BCUT2D eigenvalue weighted by Crippen LogP contribution is -2.33. The van der Waals surface area contributed by atoms with Crippen molar-refractivity contribution in [1.29, 1.82) is 0 Å². The van der Waals surface area contributed by atoms with Gasteiger partial charge >= 0.3 is 0 Å². The van der Waals surface area contributed by atoms with Crippen molar-refractivity contribution in [3.05, 3.63) is 0 Å². The molecule has 0 spiro atoms. The highest BCUT2D eigenvalue weighted by atomic mass is 16.5. The van der Waals surface area contributed by atoms with Crippen LogP contribution >= 0.6 is 0 Å². The van der Waals surface area contributed by atoms with Gasteiger partial charge in [-0.2, -0.15) is 0 Å². The van der Waals surface area contributed by atoms with Crippen LogP contribution < -0.4 is 5.73 Å². The Hall–Kier alpha value is -0.120. The quantitative estimate of drug-likeness (QED) is 0.622. The van der Waals surface area contributed by atoms with Crippen molar-refractivity contribution in [3.63, 3.8) is 0 Å². The van der Waals surface area contributed by atoms with Crippen LogP contribution in [0.4, 0.5) is 0 Å². The highest BCUT2D eigenvalue weighted by Gasteiger charge is 2.20. The lowest BCUT2D eigenvalue weighted by molar-refractivity contribution is 0.108. The third-order valence-electron chi connectivity index (χ3n) is 2.30. The summed E-state index contributed by atoms with van der Waals surface area (Å²) in [5, 5.41) is 8.81. The molecule has 0 aromatic rings. The van der Waals surface area contributed by atoms with E-state index in [0.29, 0.717) is 18.4 Å². The molecule has 0 amide bonds. The van der Waals surface area contributed by atoms with Crippen LogP contribution in [0.5, 0.6) is 0 Å². The molecule has 0 fully saturated rings. The molecular weight excluding hydrogens is 154 g/mol. The highest BCUT2D eigenvalue weighted by Crippen LogP contribution is 2.18. The molecular formula is C9H21NO2. The zero-order valence-corrected chi connectivity index (χ0v) is 8.29. The van der Waals surface area contributed by atoms with Crippen molar-refractivity contribution in [2.75, 3.05) is 20.3 Å². The van der Waals surface area contributed by atoms with Crippen LogP contribution in [0.2, 0.25) is 0 Å². The number of rotatable bonds is 6. The molecule has 3 heteroatoms. The molecule has 0 saturated heterocycles. The monoisotopic (exact) mass is 175 g/mol. The number of hydrogen-bond acceptors (Lipinski definition) is 3. The zero-order valence-electron chi connectivity index (χ0n) is 8.29. The summed E-state index contributed by atoms with van der Waals surface area (Å²) in [4.78, 5) is 0. The predicted molar refractivity (Wildman–Crippen MR) is 49.9 cm³/mol. The summed E-state index contributed by atoms with van der Waals surface area (Å²) in [5.41, 5.74) is 5.79. The number of aliphatic hydroxyl groups excluding tert-OH is 1. The normalized spacial score (nSPS) is 18.8. The maximum Gasteiger partial charge on any atom is 0.0491 e. The minimum atomic E-state index is 0.127. The van der Waals surface area contributed by atoms with Crippen molar-refractivity contribution >= 4 is 0 Å². The van der Waals surface area contributed by atoms with Crippen LogP contribution in [-0.2, 0) is 4.74 Å². The second-order valence-corrected chi connectivity index (χ2v) is 3.47. The molecule has 0 saturated carbocycles. The molecule has 0 heterocycles. The van der Waals surface area contributed by atoms with E-state index in [2.05, 4.69) is 6.92 Å². The van der Waals surface area contributed by atoms with E-state index in [1.807, 2.05) is 6.92 Å². The maximum absolute atomic E-state index is 8.81. The summed E-state index contributed by atoms with van der Waals surface area (Å²) in [6.07, 6.45) is 0.766. The summed E-state index contributed by atoms with van der Waals surface area (Å²) in [5.74, 6) is 0.775. The van der Waals surface area contributed by atoms with Gasteiger partial charge in [-0.3, -0.25) is 0 Å². The van der Waals surface area contributed by atoms with Gasteiger partial charge in [0.15, 0.2) is 0 Å². The molecule has 0 rings (SSSR count). The van der Waals surface area contributed by atoms with Crippen LogP contribution in [0.1, 0.15) is 20.3 Å². The highest BCUT2D eigenvalue weighted by molar-refractivity contribution is 4.73. The van der Waals surface area contributed by atoms with E-state index in [9.17, 15) is 0 Å². The number of methoxy groups -OCH3 is 1. The Bertz CT molecular complexity index is 107. The van der Waals surface area contributed by atoms with Crippen molar-refractivity contribution in [2.45, 2.75) is 26.3 Å². The molecule has 3 unspecified atom stereocenters. The molecule has 0 radical (unpaired) electrons.